The maximum absolute atomic E-state index is 11.6. The summed E-state index contributed by atoms with van der Waals surface area (Å²) >= 11 is 0. The van der Waals surface area contributed by atoms with Crippen LogP contribution in [0.3, 0.4) is 0 Å². The van der Waals surface area contributed by atoms with Gasteiger partial charge in [0.2, 0.25) is 0 Å². The summed E-state index contributed by atoms with van der Waals surface area (Å²) in [6, 6.07) is -0.276. The van der Waals surface area contributed by atoms with E-state index in [2.05, 4.69) is 24.5 Å². The molecule has 3 N–H and O–H groups in total. The lowest BCUT2D eigenvalue weighted by Crippen LogP contribution is -2.46. The Hall–Kier alpha value is -1.26. The minimum absolute atomic E-state index is 0.174. The molecule has 0 aromatic carbocycles. The van der Waals surface area contributed by atoms with Crippen LogP contribution in [0.25, 0.3) is 0 Å². The van der Waals surface area contributed by atoms with E-state index in [4.69, 9.17) is 0 Å². The number of carbonyl (C=O) groups is 2. The first-order valence-electron chi connectivity index (χ1n) is 7.63. The van der Waals surface area contributed by atoms with Crippen LogP contribution < -0.4 is 10.6 Å². The van der Waals surface area contributed by atoms with Gasteiger partial charge in [-0.05, 0) is 25.2 Å². The molecule has 0 saturated heterocycles. The van der Waals surface area contributed by atoms with Crippen molar-refractivity contribution in [1.82, 2.24) is 10.6 Å². The SMILES string of the molecule is CCC(CC)(CNC(=O)NCCCCC(C)C)C(=O)O. The number of urea groups is 1. The number of nitrogens with one attached hydrogen (secondary N) is 2. The van der Waals surface area contributed by atoms with E-state index in [1.54, 1.807) is 0 Å². The zero-order valence-electron chi connectivity index (χ0n) is 13.3. The zero-order valence-corrected chi connectivity index (χ0v) is 13.3. The molecule has 0 atom stereocenters. The zero-order chi connectivity index (χ0) is 15.6. The van der Waals surface area contributed by atoms with Gasteiger partial charge in [-0.1, -0.05) is 40.5 Å². The third kappa shape index (κ3) is 6.78. The average Bonchev–Trinajstić information content (AvgIpc) is 2.39. The summed E-state index contributed by atoms with van der Waals surface area (Å²) in [7, 11) is 0. The molecule has 0 unspecified atom stereocenters. The van der Waals surface area contributed by atoms with Crippen LogP contribution >= 0.6 is 0 Å². The molecule has 0 bridgehead atoms. The van der Waals surface area contributed by atoms with Gasteiger partial charge >= 0.3 is 12.0 Å². The minimum Gasteiger partial charge on any atom is -0.481 e. The third-order valence-electron chi connectivity index (χ3n) is 3.89. The van der Waals surface area contributed by atoms with E-state index in [-0.39, 0.29) is 12.6 Å². The number of amides is 2. The van der Waals surface area contributed by atoms with Gasteiger partial charge in [0.25, 0.3) is 0 Å². The molecular weight excluding hydrogens is 256 g/mol. The third-order valence-corrected chi connectivity index (χ3v) is 3.89. The Morgan fingerprint density at radius 3 is 2.15 bits per heavy atom. The van der Waals surface area contributed by atoms with Gasteiger partial charge in [0.15, 0.2) is 0 Å². The molecule has 0 radical (unpaired) electrons. The Morgan fingerprint density at radius 2 is 1.70 bits per heavy atom. The first kappa shape index (κ1) is 18.7. The first-order chi connectivity index (χ1) is 9.38. The lowest BCUT2D eigenvalue weighted by molar-refractivity contribution is -0.149. The molecule has 118 valence electrons. The predicted molar refractivity (Wildman–Crippen MR) is 80.7 cm³/mol. The Balaban J connectivity index is 3.94. The fraction of sp³-hybridized carbons (Fsp3) is 0.867. The summed E-state index contributed by atoms with van der Waals surface area (Å²) in [6.07, 6.45) is 4.23. The standard InChI is InChI=1S/C15H30N2O3/c1-5-15(6-2,13(18)19)11-17-14(20)16-10-8-7-9-12(3)4/h12H,5-11H2,1-4H3,(H,18,19)(H2,16,17,20). The van der Waals surface area contributed by atoms with Gasteiger partial charge in [-0.2, -0.15) is 0 Å². The Bertz CT molecular complexity index is 299. The fourth-order valence-corrected chi connectivity index (χ4v) is 2.07. The second kappa shape index (κ2) is 9.61. The Kier molecular flexibility index (Phi) is 9.01. The van der Waals surface area contributed by atoms with Crippen LogP contribution in [0.5, 0.6) is 0 Å². The van der Waals surface area contributed by atoms with E-state index in [0.717, 1.165) is 19.3 Å². The summed E-state index contributed by atoms with van der Waals surface area (Å²) in [4.78, 5) is 22.9. The van der Waals surface area contributed by atoms with Crippen molar-refractivity contribution in [1.29, 1.82) is 0 Å². The van der Waals surface area contributed by atoms with Crippen molar-refractivity contribution in [3.8, 4) is 0 Å². The number of rotatable bonds is 10. The summed E-state index contributed by atoms with van der Waals surface area (Å²) < 4.78 is 0. The van der Waals surface area contributed by atoms with E-state index in [9.17, 15) is 14.7 Å². The molecular formula is C15H30N2O3. The highest BCUT2D eigenvalue weighted by atomic mass is 16.4. The highest BCUT2D eigenvalue weighted by Crippen LogP contribution is 2.25. The van der Waals surface area contributed by atoms with E-state index in [1.807, 2.05) is 13.8 Å². The molecule has 0 spiro atoms. The summed E-state index contributed by atoms with van der Waals surface area (Å²) in [6.45, 7) is 8.85. The molecule has 0 saturated carbocycles. The fourth-order valence-electron chi connectivity index (χ4n) is 2.07. The molecule has 0 aliphatic heterocycles. The maximum Gasteiger partial charge on any atom is 0.314 e. The molecule has 0 fully saturated rings. The summed E-state index contributed by atoms with van der Waals surface area (Å²) in [5, 5.41) is 14.7. The van der Waals surface area contributed by atoms with Crippen LogP contribution in [0.2, 0.25) is 0 Å². The van der Waals surface area contributed by atoms with Gasteiger partial charge in [-0.15, -0.1) is 0 Å². The molecule has 2 amide bonds. The van der Waals surface area contributed by atoms with Gasteiger partial charge in [-0.3, -0.25) is 4.79 Å². The van der Waals surface area contributed by atoms with Gasteiger partial charge in [0, 0.05) is 13.1 Å². The molecule has 5 heteroatoms. The van der Waals surface area contributed by atoms with Crippen LogP contribution in [0, 0.1) is 11.3 Å². The van der Waals surface area contributed by atoms with Crippen molar-refractivity contribution >= 4 is 12.0 Å². The Morgan fingerprint density at radius 1 is 1.10 bits per heavy atom. The largest absolute Gasteiger partial charge is 0.481 e. The minimum atomic E-state index is -0.852. The number of carboxylic acids is 1. The first-order valence-corrected chi connectivity index (χ1v) is 7.63. The number of hydrogen-bond donors (Lipinski definition) is 3. The summed E-state index contributed by atoms with van der Waals surface area (Å²) in [5.74, 6) is -0.158. The van der Waals surface area contributed by atoms with Gasteiger partial charge in [0.05, 0.1) is 5.41 Å². The van der Waals surface area contributed by atoms with Crippen LogP contribution in [-0.4, -0.2) is 30.2 Å². The number of unbranched alkanes of at least 4 members (excludes halogenated alkanes) is 1. The molecule has 20 heavy (non-hydrogen) atoms. The molecule has 0 aromatic heterocycles. The van der Waals surface area contributed by atoms with Crippen molar-refractivity contribution < 1.29 is 14.7 Å². The lowest BCUT2D eigenvalue weighted by Gasteiger charge is -2.26. The van der Waals surface area contributed by atoms with Gasteiger partial charge in [-0.25, -0.2) is 4.79 Å². The smallest absolute Gasteiger partial charge is 0.314 e. The summed E-state index contributed by atoms with van der Waals surface area (Å²) in [5.41, 5.74) is -0.852. The monoisotopic (exact) mass is 286 g/mol. The normalized spacial score (nSPS) is 11.4. The molecule has 0 heterocycles. The van der Waals surface area contributed by atoms with Crippen molar-refractivity contribution in [2.75, 3.05) is 13.1 Å². The molecule has 5 nitrogen and oxygen atoms in total. The number of carboxylic acid groups (broad SMARTS) is 1. The number of aliphatic carboxylic acids is 1. The van der Waals surface area contributed by atoms with Crippen LogP contribution in [0.1, 0.15) is 59.8 Å². The number of hydrogen-bond acceptors (Lipinski definition) is 2. The Labute approximate surface area is 122 Å². The highest BCUT2D eigenvalue weighted by Gasteiger charge is 2.35. The molecule has 0 aliphatic carbocycles. The van der Waals surface area contributed by atoms with Crippen molar-refractivity contribution in [3.05, 3.63) is 0 Å². The topological polar surface area (TPSA) is 78.4 Å². The van der Waals surface area contributed by atoms with Gasteiger partial charge < -0.3 is 15.7 Å². The quantitative estimate of drug-likeness (QED) is 0.540. The van der Waals surface area contributed by atoms with E-state index in [0.29, 0.717) is 25.3 Å². The second-order valence-corrected chi connectivity index (χ2v) is 5.79. The van der Waals surface area contributed by atoms with E-state index >= 15 is 0 Å². The molecule has 0 aromatic rings. The average molecular weight is 286 g/mol. The van der Waals surface area contributed by atoms with Crippen molar-refractivity contribution in [2.24, 2.45) is 11.3 Å². The predicted octanol–water partition coefficient (Wildman–Crippen LogP) is 3.00. The molecule has 0 rings (SSSR count). The van der Waals surface area contributed by atoms with Crippen molar-refractivity contribution in [2.45, 2.75) is 59.8 Å². The maximum atomic E-state index is 11.6. The van der Waals surface area contributed by atoms with Crippen LogP contribution in [0.4, 0.5) is 4.79 Å². The molecule has 0 aliphatic rings. The lowest BCUT2D eigenvalue weighted by atomic mass is 9.82. The van der Waals surface area contributed by atoms with Gasteiger partial charge in [0.1, 0.15) is 0 Å². The highest BCUT2D eigenvalue weighted by molar-refractivity contribution is 5.78. The van der Waals surface area contributed by atoms with E-state index in [1.165, 1.54) is 0 Å². The second-order valence-electron chi connectivity index (χ2n) is 5.79. The van der Waals surface area contributed by atoms with E-state index < -0.39 is 11.4 Å². The van der Waals surface area contributed by atoms with Crippen molar-refractivity contribution in [3.63, 3.8) is 0 Å². The van der Waals surface area contributed by atoms with Crippen LogP contribution in [-0.2, 0) is 4.79 Å². The van der Waals surface area contributed by atoms with Crippen LogP contribution in [0.15, 0.2) is 0 Å². The number of carbonyl (C=O) groups excluding carboxylic acids is 1.